The van der Waals surface area contributed by atoms with Crippen molar-refractivity contribution in [3.8, 4) is 0 Å². The third-order valence-electron chi connectivity index (χ3n) is 1.98. The number of fused-ring (bicyclic) bond motifs is 1. The number of carboxylic acid groups (broad SMARTS) is 1. The SMILES string of the molecule is O=C(O)Cc1cc2ccc(F)cc2[nH]1. The Balaban J connectivity index is 2.46. The lowest BCUT2D eigenvalue weighted by Gasteiger charge is -1.89. The van der Waals surface area contributed by atoms with Gasteiger partial charge in [-0.15, -0.1) is 0 Å². The first-order chi connectivity index (χ1) is 6.65. The molecule has 0 radical (unpaired) electrons. The molecule has 0 fully saturated rings. The van der Waals surface area contributed by atoms with E-state index < -0.39 is 5.97 Å². The van der Waals surface area contributed by atoms with Gasteiger partial charge in [0.15, 0.2) is 0 Å². The fourth-order valence-electron chi connectivity index (χ4n) is 1.42. The number of rotatable bonds is 2. The summed E-state index contributed by atoms with van der Waals surface area (Å²) < 4.78 is 12.8. The van der Waals surface area contributed by atoms with Gasteiger partial charge in [0.05, 0.1) is 6.42 Å². The predicted octanol–water partition coefficient (Wildman–Crippen LogP) is 1.93. The van der Waals surface area contributed by atoms with Crippen molar-refractivity contribution in [2.24, 2.45) is 0 Å². The second kappa shape index (κ2) is 3.14. The van der Waals surface area contributed by atoms with Gasteiger partial charge >= 0.3 is 5.97 Å². The van der Waals surface area contributed by atoms with Crippen LogP contribution in [0.3, 0.4) is 0 Å². The lowest BCUT2D eigenvalue weighted by atomic mass is 10.2. The number of hydrogen-bond donors (Lipinski definition) is 2. The molecule has 0 atom stereocenters. The molecule has 0 bridgehead atoms. The second-order valence-corrected chi connectivity index (χ2v) is 3.10. The van der Waals surface area contributed by atoms with Gasteiger partial charge in [-0.2, -0.15) is 0 Å². The molecule has 0 aliphatic rings. The summed E-state index contributed by atoms with van der Waals surface area (Å²) in [6.45, 7) is 0. The van der Waals surface area contributed by atoms with E-state index in [1.807, 2.05) is 0 Å². The van der Waals surface area contributed by atoms with Crippen molar-refractivity contribution in [3.05, 3.63) is 35.8 Å². The van der Waals surface area contributed by atoms with Crippen LogP contribution in [-0.2, 0) is 11.2 Å². The van der Waals surface area contributed by atoms with E-state index in [0.717, 1.165) is 5.39 Å². The highest BCUT2D eigenvalue weighted by Gasteiger charge is 2.05. The van der Waals surface area contributed by atoms with Crippen LogP contribution >= 0.6 is 0 Å². The third-order valence-corrected chi connectivity index (χ3v) is 1.98. The number of aromatic amines is 1. The Morgan fingerprint density at radius 3 is 2.93 bits per heavy atom. The van der Waals surface area contributed by atoms with Gasteiger partial charge in [-0.3, -0.25) is 4.79 Å². The van der Waals surface area contributed by atoms with E-state index in [9.17, 15) is 9.18 Å². The van der Waals surface area contributed by atoms with Gasteiger partial charge in [0, 0.05) is 11.2 Å². The fourth-order valence-corrected chi connectivity index (χ4v) is 1.42. The van der Waals surface area contributed by atoms with Crippen LogP contribution in [-0.4, -0.2) is 16.1 Å². The molecule has 0 aliphatic heterocycles. The number of carbonyl (C=O) groups is 1. The average Bonchev–Trinajstić information content (AvgIpc) is 2.44. The summed E-state index contributed by atoms with van der Waals surface area (Å²) in [6, 6.07) is 6.02. The molecule has 2 rings (SSSR count). The molecule has 1 aromatic carbocycles. The molecule has 3 nitrogen and oxygen atoms in total. The first-order valence-corrected chi connectivity index (χ1v) is 4.14. The number of halogens is 1. The lowest BCUT2D eigenvalue weighted by molar-refractivity contribution is -0.136. The number of benzene rings is 1. The molecule has 14 heavy (non-hydrogen) atoms. The number of carboxylic acids is 1. The molecule has 72 valence electrons. The first-order valence-electron chi connectivity index (χ1n) is 4.14. The molecule has 0 amide bonds. The number of H-pyrrole nitrogens is 1. The minimum absolute atomic E-state index is 0.0731. The average molecular weight is 193 g/mol. The van der Waals surface area contributed by atoms with Crippen molar-refractivity contribution in [1.82, 2.24) is 4.98 Å². The maximum absolute atomic E-state index is 12.8. The normalized spacial score (nSPS) is 10.6. The Labute approximate surface area is 79.2 Å². The molecule has 0 saturated heterocycles. The van der Waals surface area contributed by atoms with Gasteiger partial charge in [-0.05, 0) is 29.7 Å². The van der Waals surface area contributed by atoms with Crippen LogP contribution in [0, 0.1) is 5.82 Å². The predicted molar refractivity (Wildman–Crippen MR) is 49.6 cm³/mol. The van der Waals surface area contributed by atoms with Gasteiger partial charge in [0.1, 0.15) is 5.82 Å². The van der Waals surface area contributed by atoms with Crippen LogP contribution in [0.15, 0.2) is 24.3 Å². The van der Waals surface area contributed by atoms with E-state index in [1.54, 1.807) is 12.1 Å². The largest absolute Gasteiger partial charge is 0.481 e. The number of hydrogen-bond acceptors (Lipinski definition) is 1. The number of nitrogens with one attached hydrogen (secondary N) is 1. The van der Waals surface area contributed by atoms with E-state index >= 15 is 0 Å². The van der Waals surface area contributed by atoms with Crippen molar-refractivity contribution in [2.75, 3.05) is 0 Å². The highest BCUT2D eigenvalue weighted by atomic mass is 19.1. The van der Waals surface area contributed by atoms with Crippen LogP contribution in [0.2, 0.25) is 0 Å². The Hall–Kier alpha value is -1.84. The molecule has 1 aromatic heterocycles. The Morgan fingerprint density at radius 2 is 2.21 bits per heavy atom. The molecule has 4 heteroatoms. The van der Waals surface area contributed by atoms with Crippen LogP contribution in [0.4, 0.5) is 4.39 Å². The van der Waals surface area contributed by atoms with Crippen molar-refractivity contribution in [2.45, 2.75) is 6.42 Å². The van der Waals surface area contributed by atoms with E-state index in [0.29, 0.717) is 11.2 Å². The Kier molecular flexibility index (Phi) is 1.96. The summed E-state index contributed by atoms with van der Waals surface area (Å²) in [5, 5.41) is 9.37. The van der Waals surface area contributed by atoms with Gasteiger partial charge in [-0.1, -0.05) is 0 Å². The van der Waals surface area contributed by atoms with Gasteiger partial charge in [-0.25, -0.2) is 4.39 Å². The highest BCUT2D eigenvalue weighted by Crippen LogP contribution is 2.16. The topological polar surface area (TPSA) is 53.1 Å². The summed E-state index contributed by atoms with van der Waals surface area (Å²) in [5.41, 5.74) is 1.21. The quantitative estimate of drug-likeness (QED) is 0.765. The van der Waals surface area contributed by atoms with Gasteiger partial charge < -0.3 is 10.1 Å². The minimum Gasteiger partial charge on any atom is -0.481 e. The molecule has 2 aromatic rings. The van der Waals surface area contributed by atoms with E-state index in [1.165, 1.54) is 12.1 Å². The second-order valence-electron chi connectivity index (χ2n) is 3.10. The maximum Gasteiger partial charge on any atom is 0.309 e. The molecule has 1 heterocycles. The van der Waals surface area contributed by atoms with Gasteiger partial charge in [0.25, 0.3) is 0 Å². The molecular weight excluding hydrogens is 185 g/mol. The zero-order valence-corrected chi connectivity index (χ0v) is 7.25. The molecule has 0 unspecified atom stereocenters. The van der Waals surface area contributed by atoms with Crippen LogP contribution < -0.4 is 0 Å². The standard InChI is InChI=1S/C10H8FNO2/c11-7-2-1-6-3-8(5-10(13)14)12-9(6)4-7/h1-4,12H,5H2,(H,13,14). The van der Waals surface area contributed by atoms with E-state index in [4.69, 9.17) is 5.11 Å². The smallest absolute Gasteiger partial charge is 0.309 e. The summed E-state index contributed by atoms with van der Waals surface area (Å²) in [4.78, 5) is 13.3. The summed E-state index contributed by atoms with van der Waals surface area (Å²) in [5.74, 6) is -1.24. The molecule has 2 N–H and O–H groups in total. The summed E-state index contributed by atoms with van der Waals surface area (Å²) in [6.07, 6.45) is -0.0731. The first kappa shape index (κ1) is 8.74. The number of aromatic nitrogens is 1. The molecular formula is C10H8FNO2. The van der Waals surface area contributed by atoms with Crippen molar-refractivity contribution < 1.29 is 14.3 Å². The lowest BCUT2D eigenvalue weighted by Crippen LogP contribution is -1.99. The monoisotopic (exact) mass is 193 g/mol. The minimum atomic E-state index is -0.906. The molecule has 0 aliphatic carbocycles. The van der Waals surface area contributed by atoms with E-state index in [2.05, 4.69) is 4.98 Å². The summed E-state index contributed by atoms with van der Waals surface area (Å²) in [7, 11) is 0. The number of aliphatic carboxylic acids is 1. The van der Waals surface area contributed by atoms with Crippen LogP contribution in [0.25, 0.3) is 10.9 Å². The van der Waals surface area contributed by atoms with E-state index in [-0.39, 0.29) is 12.2 Å². The third kappa shape index (κ3) is 1.59. The zero-order valence-electron chi connectivity index (χ0n) is 7.25. The van der Waals surface area contributed by atoms with Gasteiger partial charge in [0.2, 0.25) is 0 Å². The zero-order chi connectivity index (χ0) is 10.1. The Morgan fingerprint density at radius 1 is 1.43 bits per heavy atom. The van der Waals surface area contributed by atoms with Crippen molar-refractivity contribution >= 4 is 16.9 Å². The fraction of sp³-hybridized carbons (Fsp3) is 0.100. The highest BCUT2D eigenvalue weighted by molar-refractivity contribution is 5.82. The van der Waals surface area contributed by atoms with Crippen molar-refractivity contribution in [1.29, 1.82) is 0 Å². The van der Waals surface area contributed by atoms with Crippen molar-refractivity contribution in [3.63, 3.8) is 0 Å². The van der Waals surface area contributed by atoms with Crippen LogP contribution in [0.1, 0.15) is 5.69 Å². The Bertz CT molecular complexity index is 490. The van der Waals surface area contributed by atoms with Crippen LogP contribution in [0.5, 0.6) is 0 Å². The molecule has 0 spiro atoms. The maximum atomic E-state index is 12.8. The molecule has 0 saturated carbocycles. The summed E-state index contributed by atoms with van der Waals surface area (Å²) >= 11 is 0.